The molecule has 1 aliphatic carbocycles. The summed E-state index contributed by atoms with van der Waals surface area (Å²) in [6, 6.07) is 1.91. The standard InChI is InChI=1S/C18H24N4O2/c23-18(24)8-13-4-6-22(10-12-1-2-12)11-14(13)7-17-20-15-3-5-19-9-16(15)21-17/h3,5,9,12-14H,1-2,4,6-8,10-11H2,(H,20,21)(H,23,24)/t13-,14-/m0/s1. The highest BCUT2D eigenvalue weighted by atomic mass is 16.4. The molecule has 2 aliphatic rings. The number of hydrogen-bond donors (Lipinski definition) is 2. The van der Waals surface area contributed by atoms with Gasteiger partial charge < -0.3 is 15.0 Å². The van der Waals surface area contributed by atoms with Crippen LogP contribution >= 0.6 is 0 Å². The summed E-state index contributed by atoms with van der Waals surface area (Å²) in [6.45, 7) is 3.21. The average molecular weight is 328 g/mol. The normalized spacial score (nSPS) is 25.2. The number of aromatic amines is 1. The maximum atomic E-state index is 11.2. The van der Waals surface area contributed by atoms with Crippen molar-refractivity contribution < 1.29 is 9.90 Å². The molecule has 0 aromatic carbocycles. The van der Waals surface area contributed by atoms with Crippen molar-refractivity contribution in [3.05, 3.63) is 24.3 Å². The summed E-state index contributed by atoms with van der Waals surface area (Å²) in [5.74, 6) is 1.73. The molecule has 2 aromatic heterocycles. The van der Waals surface area contributed by atoms with Gasteiger partial charge in [-0.25, -0.2) is 4.98 Å². The van der Waals surface area contributed by atoms with Gasteiger partial charge in [-0.15, -0.1) is 0 Å². The second-order valence-corrected chi connectivity index (χ2v) is 7.39. The molecular formula is C18H24N4O2. The number of pyridine rings is 1. The molecule has 1 saturated carbocycles. The Morgan fingerprint density at radius 3 is 2.96 bits per heavy atom. The van der Waals surface area contributed by atoms with Gasteiger partial charge in [0.1, 0.15) is 5.82 Å². The van der Waals surface area contributed by atoms with Gasteiger partial charge in [0, 0.05) is 32.1 Å². The summed E-state index contributed by atoms with van der Waals surface area (Å²) < 4.78 is 0. The number of fused-ring (bicyclic) bond motifs is 1. The number of H-pyrrole nitrogens is 1. The lowest BCUT2D eigenvalue weighted by Crippen LogP contribution is -2.43. The summed E-state index contributed by atoms with van der Waals surface area (Å²) in [5, 5.41) is 9.24. The number of nitrogens with one attached hydrogen (secondary N) is 1. The zero-order chi connectivity index (χ0) is 16.5. The van der Waals surface area contributed by atoms with E-state index in [2.05, 4.69) is 19.9 Å². The van der Waals surface area contributed by atoms with Crippen molar-refractivity contribution in [1.29, 1.82) is 0 Å². The number of carbonyl (C=O) groups is 1. The number of carboxylic acids is 1. The lowest BCUT2D eigenvalue weighted by molar-refractivity contribution is -0.139. The molecule has 3 heterocycles. The third-order valence-corrected chi connectivity index (χ3v) is 5.41. The largest absolute Gasteiger partial charge is 0.481 e. The Hall–Kier alpha value is -1.95. The van der Waals surface area contributed by atoms with Crippen molar-refractivity contribution in [3.8, 4) is 0 Å². The molecule has 2 fully saturated rings. The van der Waals surface area contributed by atoms with Gasteiger partial charge >= 0.3 is 5.97 Å². The van der Waals surface area contributed by atoms with E-state index >= 15 is 0 Å². The van der Waals surface area contributed by atoms with Crippen molar-refractivity contribution in [2.75, 3.05) is 19.6 Å². The number of carboxylic acid groups (broad SMARTS) is 1. The molecule has 4 rings (SSSR count). The predicted octanol–water partition coefficient (Wildman–Crippen LogP) is 2.32. The topological polar surface area (TPSA) is 82.1 Å². The summed E-state index contributed by atoms with van der Waals surface area (Å²) in [5.41, 5.74) is 1.88. The van der Waals surface area contributed by atoms with Gasteiger partial charge in [0.05, 0.1) is 17.2 Å². The van der Waals surface area contributed by atoms with E-state index < -0.39 is 5.97 Å². The molecule has 2 N–H and O–H groups in total. The van der Waals surface area contributed by atoms with Gasteiger partial charge in [0.15, 0.2) is 0 Å². The monoisotopic (exact) mass is 328 g/mol. The zero-order valence-corrected chi connectivity index (χ0v) is 13.8. The fourth-order valence-electron chi connectivity index (χ4n) is 3.97. The minimum Gasteiger partial charge on any atom is -0.481 e. The number of likely N-dealkylation sites (tertiary alicyclic amines) is 1. The number of aromatic nitrogens is 3. The maximum Gasteiger partial charge on any atom is 0.303 e. The Balaban J connectivity index is 1.49. The Kier molecular flexibility index (Phi) is 4.22. The molecular weight excluding hydrogens is 304 g/mol. The Labute approximate surface area is 141 Å². The number of nitrogens with zero attached hydrogens (tertiary/aromatic N) is 3. The minimum atomic E-state index is -0.686. The fourth-order valence-corrected chi connectivity index (χ4v) is 3.97. The fraction of sp³-hybridized carbons (Fsp3) is 0.611. The summed E-state index contributed by atoms with van der Waals surface area (Å²) >= 11 is 0. The first-order chi connectivity index (χ1) is 11.7. The molecule has 6 heteroatoms. The highest BCUT2D eigenvalue weighted by Gasteiger charge is 2.34. The molecule has 0 radical (unpaired) electrons. The lowest BCUT2D eigenvalue weighted by Gasteiger charge is -2.38. The SMILES string of the molecule is O=C(O)C[C@@H]1CCN(CC2CC2)C[C@@H]1Cc1nc2ccncc2[nH]1. The van der Waals surface area contributed by atoms with Crippen LogP contribution in [0.5, 0.6) is 0 Å². The van der Waals surface area contributed by atoms with E-state index in [0.717, 1.165) is 48.7 Å². The van der Waals surface area contributed by atoms with E-state index in [1.165, 1.54) is 19.4 Å². The summed E-state index contributed by atoms with van der Waals surface area (Å²) in [6.07, 6.45) is 8.31. The molecule has 0 amide bonds. The van der Waals surface area contributed by atoms with Crippen LogP contribution in [0.1, 0.15) is 31.5 Å². The van der Waals surface area contributed by atoms with Crippen LogP contribution in [0, 0.1) is 17.8 Å². The van der Waals surface area contributed by atoms with Gasteiger partial charge in [-0.2, -0.15) is 0 Å². The van der Waals surface area contributed by atoms with E-state index in [-0.39, 0.29) is 12.3 Å². The molecule has 2 atom stereocenters. The molecule has 0 unspecified atom stereocenters. The van der Waals surface area contributed by atoms with Crippen molar-refractivity contribution >= 4 is 17.0 Å². The van der Waals surface area contributed by atoms with E-state index in [9.17, 15) is 9.90 Å². The number of rotatable bonds is 6. The van der Waals surface area contributed by atoms with Crippen LogP contribution in [0.3, 0.4) is 0 Å². The highest BCUT2D eigenvalue weighted by Crippen LogP contribution is 2.34. The second-order valence-electron chi connectivity index (χ2n) is 7.39. The Morgan fingerprint density at radius 2 is 2.21 bits per heavy atom. The van der Waals surface area contributed by atoms with E-state index in [1.807, 2.05) is 6.07 Å². The quantitative estimate of drug-likeness (QED) is 0.850. The van der Waals surface area contributed by atoms with E-state index in [0.29, 0.717) is 5.92 Å². The van der Waals surface area contributed by atoms with Crippen molar-refractivity contribution in [3.63, 3.8) is 0 Å². The first-order valence-electron chi connectivity index (χ1n) is 8.90. The molecule has 1 aliphatic heterocycles. The Bertz CT molecular complexity index is 692. The first-order valence-corrected chi connectivity index (χ1v) is 8.90. The maximum absolute atomic E-state index is 11.2. The zero-order valence-electron chi connectivity index (χ0n) is 13.8. The van der Waals surface area contributed by atoms with Gasteiger partial charge in [0.25, 0.3) is 0 Å². The lowest BCUT2D eigenvalue weighted by atomic mass is 9.81. The van der Waals surface area contributed by atoms with Crippen LogP contribution < -0.4 is 0 Å². The van der Waals surface area contributed by atoms with Crippen LogP contribution in [0.15, 0.2) is 18.5 Å². The number of hydrogen-bond acceptors (Lipinski definition) is 4. The highest BCUT2D eigenvalue weighted by molar-refractivity contribution is 5.73. The second kappa shape index (κ2) is 6.51. The molecule has 24 heavy (non-hydrogen) atoms. The van der Waals surface area contributed by atoms with Gasteiger partial charge in [-0.1, -0.05) is 0 Å². The average Bonchev–Trinajstić information content (AvgIpc) is 3.26. The predicted molar refractivity (Wildman–Crippen MR) is 90.6 cm³/mol. The van der Waals surface area contributed by atoms with E-state index in [4.69, 9.17) is 0 Å². The Morgan fingerprint density at radius 1 is 1.33 bits per heavy atom. The number of imidazole rings is 1. The number of piperidine rings is 1. The smallest absolute Gasteiger partial charge is 0.303 e. The third kappa shape index (κ3) is 3.59. The van der Waals surface area contributed by atoms with Crippen LogP contribution in [0.2, 0.25) is 0 Å². The van der Waals surface area contributed by atoms with Crippen molar-refractivity contribution in [2.45, 2.75) is 32.1 Å². The molecule has 0 bridgehead atoms. The van der Waals surface area contributed by atoms with Crippen LogP contribution in [-0.2, 0) is 11.2 Å². The van der Waals surface area contributed by atoms with Crippen LogP contribution in [0.4, 0.5) is 0 Å². The molecule has 1 saturated heterocycles. The summed E-state index contributed by atoms with van der Waals surface area (Å²) in [4.78, 5) is 25.9. The van der Waals surface area contributed by atoms with Crippen molar-refractivity contribution in [2.24, 2.45) is 17.8 Å². The first kappa shape index (κ1) is 15.6. The van der Waals surface area contributed by atoms with Crippen LogP contribution in [-0.4, -0.2) is 50.6 Å². The van der Waals surface area contributed by atoms with Crippen LogP contribution in [0.25, 0.3) is 11.0 Å². The number of aliphatic carboxylic acids is 1. The van der Waals surface area contributed by atoms with Gasteiger partial charge in [-0.05, 0) is 49.6 Å². The van der Waals surface area contributed by atoms with Crippen molar-refractivity contribution in [1.82, 2.24) is 19.9 Å². The van der Waals surface area contributed by atoms with Gasteiger partial charge in [-0.3, -0.25) is 9.78 Å². The van der Waals surface area contributed by atoms with Gasteiger partial charge in [0.2, 0.25) is 0 Å². The molecule has 6 nitrogen and oxygen atoms in total. The summed E-state index contributed by atoms with van der Waals surface area (Å²) in [7, 11) is 0. The molecule has 2 aromatic rings. The minimum absolute atomic E-state index is 0.240. The third-order valence-electron chi connectivity index (χ3n) is 5.41. The van der Waals surface area contributed by atoms with E-state index in [1.54, 1.807) is 12.4 Å². The molecule has 128 valence electrons. The molecule has 0 spiro atoms.